The predicted octanol–water partition coefficient (Wildman–Crippen LogP) is 4.41. The number of nitrogens with zero attached hydrogens (tertiary/aromatic N) is 6. The lowest BCUT2D eigenvalue weighted by atomic mass is 9.96. The van der Waals surface area contributed by atoms with Crippen LogP contribution in [0.4, 0.5) is 13.2 Å². The highest BCUT2D eigenvalue weighted by Gasteiger charge is 2.44. The third-order valence-electron chi connectivity index (χ3n) is 6.25. The van der Waals surface area contributed by atoms with Gasteiger partial charge in [-0.05, 0) is 56.5 Å². The smallest absolute Gasteiger partial charge is 0.405 e. The van der Waals surface area contributed by atoms with Gasteiger partial charge in [-0.2, -0.15) is 20.1 Å². The van der Waals surface area contributed by atoms with E-state index in [1.165, 1.54) is 35.4 Å². The van der Waals surface area contributed by atoms with Crippen molar-refractivity contribution in [3.05, 3.63) is 71.8 Å². The topological polar surface area (TPSA) is 102 Å². The predicted molar refractivity (Wildman–Crippen MR) is 122 cm³/mol. The minimum Gasteiger partial charge on any atom is -0.405 e. The molecule has 2 aromatic heterocycles. The molecule has 1 saturated heterocycles. The normalized spacial score (nSPS) is 18.0. The second kappa shape index (κ2) is 8.77. The molecule has 12 heteroatoms. The summed E-state index contributed by atoms with van der Waals surface area (Å²) in [5.41, 5.74) is 1.15. The van der Waals surface area contributed by atoms with Gasteiger partial charge in [0.05, 0.1) is 34.7 Å². The Balaban J connectivity index is 1.49. The van der Waals surface area contributed by atoms with E-state index in [1.807, 2.05) is 26.0 Å². The highest BCUT2D eigenvalue weighted by Crippen LogP contribution is 2.40. The Morgan fingerprint density at radius 1 is 1.14 bits per heavy atom. The van der Waals surface area contributed by atoms with Crippen molar-refractivity contribution >= 4 is 5.91 Å². The van der Waals surface area contributed by atoms with Gasteiger partial charge in [0.15, 0.2) is 11.6 Å². The molecule has 0 aliphatic carbocycles. The molecule has 1 amide bonds. The summed E-state index contributed by atoms with van der Waals surface area (Å²) in [6.07, 6.45) is -0.479. The van der Waals surface area contributed by atoms with Gasteiger partial charge in [0.25, 0.3) is 5.91 Å². The number of para-hydroxylation sites is 1. The summed E-state index contributed by atoms with van der Waals surface area (Å²) < 4.78 is 42.8. The molecule has 9 nitrogen and oxygen atoms in total. The molecule has 2 aromatic carbocycles. The fourth-order valence-electron chi connectivity index (χ4n) is 4.50. The van der Waals surface area contributed by atoms with Gasteiger partial charge in [0.2, 0.25) is 0 Å². The Morgan fingerprint density at radius 2 is 1.89 bits per heavy atom. The summed E-state index contributed by atoms with van der Waals surface area (Å²) in [5.74, 6) is -0.227. The lowest BCUT2D eigenvalue weighted by molar-refractivity contribution is -0.274. The maximum Gasteiger partial charge on any atom is 0.573 e. The average Bonchev–Trinajstić information content (AvgIpc) is 3.59. The SMILES string of the molecule is Cc1ccc(C(=O)N2CCCC2(C)c2nc(-c3ccccc3OC(F)(F)F)n[nH]2)c(-n2nccn2)c1. The number of amides is 1. The maximum atomic E-state index is 13.8. The number of hydrogen-bond donors (Lipinski definition) is 1. The van der Waals surface area contributed by atoms with Crippen molar-refractivity contribution < 1.29 is 22.7 Å². The summed E-state index contributed by atoms with van der Waals surface area (Å²) in [6.45, 7) is 4.25. The first-order valence-corrected chi connectivity index (χ1v) is 11.2. The van der Waals surface area contributed by atoms with Gasteiger partial charge in [0.1, 0.15) is 5.75 Å². The number of hydrogen-bond acceptors (Lipinski definition) is 6. The van der Waals surface area contributed by atoms with Crippen molar-refractivity contribution in [2.75, 3.05) is 6.54 Å². The van der Waals surface area contributed by atoms with Gasteiger partial charge in [-0.25, -0.2) is 4.98 Å². The van der Waals surface area contributed by atoms with E-state index in [0.717, 1.165) is 5.56 Å². The van der Waals surface area contributed by atoms with E-state index in [9.17, 15) is 18.0 Å². The van der Waals surface area contributed by atoms with E-state index >= 15 is 0 Å². The average molecular weight is 497 g/mol. The Labute approximate surface area is 203 Å². The van der Waals surface area contributed by atoms with Crippen LogP contribution in [0.1, 0.15) is 41.5 Å². The number of ether oxygens (including phenoxy) is 1. The Bertz CT molecular complexity index is 1400. The van der Waals surface area contributed by atoms with E-state index in [-0.39, 0.29) is 17.3 Å². The number of benzene rings is 2. The molecule has 1 unspecified atom stereocenters. The number of alkyl halides is 3. The van der Waals surface area contributed by atoms with Crippen molar-refractivity contribution in [2.45, 2.75) is 38.6 Å². The van der Waals surface area contributed by atoms with Crippen LogP contribution in [0.5, 0.6) is 5.75 Å². The lowest BCUT2D eigenvalue weighted by Gasteiger charge is -2.33. The van der Waals surface area contributed by atoms with Crippen LogP contribution in [0.15, 0.2) is 54.9 Å². The molecular formula is C24H22F3N7O2. The van der Waals surface area contributed by atoms with Gasteiger partial charge in [-0.15, -0.1) is 13.2 Å². The molecule has 0 radical (unpaired) electrons. The van der Waals surface area contributed by atoms with Gasteiger partial charge < -0.3 is 9.64 Å². The molecule has 1 aliphatic heterocycles. The minimum atomic E-state index is -4.86. The number of rotatable bonds is 5. The molecule has 0 saturated carbocycles. The number of halogens is 3. The molecule has 4 aromatic rings. The number of H-pyrrole nitrogens is 1. The number of carbonyl (C=O) groups excluding carboxylic acids is 1. The first-order valence-electron chi connectivity index (χ1n) is 11.2. The zero-order valence-corrected chi connectivity index (χ0v) is 19.5. The lowest BCUT2D eigenvalue weighted by Crippen LogP contribution is -2.44. The van der Waals surface area contributed by atoms with Crippen molar-refractivity contribution in [3.63, 3.8) is 0 Å². The van der Waals surface area contributed by atoms with Crippen molar-refractivity contribution in [3.8, 4) is 22.8 Å². The molecule has 3 heterocycles. The zero-order chi connectivity index (χ0) is 25.5. The highest BCUT2D eigenvalue weighted by atomic mass is 19.4. The van der Waals surface area contributed by atoms with E-state index in [0.29, 0.717) is 36.5 Å². The first kappa shape index (κ1) is 23.5. The quantitative estimate of drug-likeness (QED) is 0.438. The van der Waals surface area contributed by atoms with E-state index < -0.39 is 17.7 Å². The fourth-order valence-corrected chi connectivity index (χ4v) is 4.50. The molecule has 1 fully saturated rings. The van der Waals surface area contributed by atoms with Crippen molar-refractivity contribution in [1.29, 1.82) is 0 Å². The Kier molecular flexibility index (Phi) is 5.73. The van der Waals surface area contributed by atoms with E-state index in [2.05, 4.69) is 30.1 Å². The van der Waals surface area contributed by atoms with Crippen LogP contribution in [0, 0.1) is 6.92 Å². The highest BCUT2D eigenvalue weighted by molar-refractivity contribution is 5.98. The zero-order valence-electron chi connectivity index (χ0n) is 19.5. The second-order valence-corrected chi connectivity index (χ2v) is 8.72. The van der Waals surface area contributed by atoms with Crippen molar-refractivity contribution in [2.24, 2.45) is 0 Å². The molecule has 36 heavy (non-hydrogen) atoms. The summed E-state index contributed by atoms with van der Waals surface area (Å²) in [4.78, 5) is 21.4. The number of aromatic nitrogens is 6. The van der Waals surface area contributed by atoms with E-state index in [1.54, 1.807) is 17.0 Å². The first-order chi connectivity index (χ1) is 17.2. The third kappa shape index (κ3) is 4.30. The number of aryl methyl sites for hydroxylation is 1. The van der Waals surface area contributed by atoms with Gasteiger partial charge in [-0.3, -0.25) is 9.89 Å². The van der Waals surface area contributed by atoms with Crippen LogP contribution in [-0.4, -0.2) is 53.9 Å². The largest absolute Gasteiger partial charge is 0.573 e. The monoisotopic (exact) mass is 497 g/mol. The van der Waals surface area contributed by atoms with Crippen LogP contribution in [0.2, 0.25) is 0 Å². The van der Waals surface area contributed by atoms with Crippen LogP contribution in [0.3, 0.4) is 0 Å². The van der Waals surface area contributed by atoms with E-state index in [4.69, 9.17) is 0 Å². The summed E-state index contributed by atoms with van der Waals surface area (Å²) in [7, 11) is 0. The van der Waals surface area contributed by atoms with Gasteiger partial charge >= 0.3 is 6.36 Å². The molecular weight excluding hydrogens is 475 g/mol. The van der Waals surface area contributed by atoms with Crippen LogP contribution in [0.25, 0.3) is 17.1 Å². The molecule has 186 valence electrons. The van der Waals surface area contributed by atoms with Gasteiger partial charge in [-0.1, -0.05) is 18.2 Å². The fraction of sp³-hybridized carbons (Fsp3) is 0.292. The maximum absolute atomic E-state index is 13.8. The summed E-state index contributed by atoms with van der Waals surface area (Å²) in [6, 6.07) is 11.1. The number of nitrogens with one attached hydrogen (secondary N) is 1. The molecule has 1 N–H and O–H groups in total. The molecule has 1 aliphatic rings. The number of carbonyl (C=O) groups is 1. The number of aromatic amines is 1. The summed E-state index contributed by atoms with van der Waals surface area (Å²) >= 11 is 0. The van der Waals surface area contributed by atoms with Crippen molar-refractivity contribution in [1.82, 2.24) is 35.1 Å². The van der Waals surface area contributed by atoms with Crippen LogP contribution >= 0.6 is 0 Å². The second-order valence-electron chi connectivity index (χ2n) is 8.72. The van der Waals surface area contributed by atoms with Crippen LogP contribution < -0.4 is 4.74 Å². The standard InChI is InChI=1S/C24H22F3N7O2/c1-15-8-9-16(18(14-15)34-28-11-12-29-34)21(35)33-13-5-10-23(33,2)22-30-20(31-32-22)17-6-3-4-7-19(17)36-24(25,26)27/h3-4,6-9,11-12,14H,5,10,13H2,1-2H3,(H,30,31,32). The van der Waals surface area contributed by atoms with Crippen LogP contribution in [-0.2, 0) is 5.54 Å². The Morgan fingerprint density at radius 3 is 2.64 bits per heavy atom. The Hall–Kier alpha value is -4.22. The van der Waals surface area contributed by atoms with Gasteiger partial charge in [0, 0.05) is 6.54 Å². The molecule has 1 atom stereocenters. The third-order valence-corrected chi connectivity index (χ3v) is 6.25. The summed E-state index contributed by atoms with van der Waals surface area (Å²) in [5, 5.41) is 15.4. The number of likely N-dealkylation sites (tertiary alicyclic amines) is 1. The minimum absolute atomic E-state index is 0.0436. The molecule has 5 rings (SSSR count). The molecule has 0 spiro atoms. The molecule has 0 bridgehead atoms.